The molecule has 0 radical (unpaired) electrons. The smallest absolute Gasteiger partial charge is 0.330 e. The number of alkyl halides is 3. The number of nitrogens with zero attached hydrogens (tertiary/aromatic N) is 6. The van der Waals surface area contributed by atoms with Gasteiger partial charge in [0.15, 0.2) is 5.65 Å². The molecule has 10 heteroatoms. The van der Waals surface area contributed by atoms with Gasteiger partial charge in [0.2, 0.25) is 0 Å². The van der Waals surface area contributed by atoms with Crippen molar-refractivity contribution in [2.75, 3.05) is 6.54 Å². The molecule has 4 rings (SSSR count). The van der Waals surface area contributed by atoms with Crippen LogP contribution in [0.4, 0.5) is 13.2 Å². The van der Waals surface area contributed by atoms with Crippen molar-refractivity contribution in [2.24, 2.45) is 0 Å². The summed E-state index contributed by atoms with van der Waals surface area (Å²) in [6.07, 6.45) is 1.91. The molecule has 1 fully saturated rings. The molecule has 1 aliphatic heterocycles. The molecule has 1 aliphatic rings. The zero-order valence-electron chi connectivity index (χ0n) is 15.0. The van der Waals surface area contributed by atoms with Crippen molar-refractivity contribution in [3.05, 3.63) is 53.5 Å². The molecule has 0 aromatic carbocycles. The summed E-state index contributed by atoms with van der Waals surface area (Å²) >= 11 is 0. The van der Waals surface area contributed by atoms with Crippen LogP contribution in [0.1, 0.15) is 52.7 Å². The third-order valence-electron chi connectivity index (χ3n) is 4.78. The van der Waals surface area contributed by atoms with Crippen molar-refractivity contribution in [2.45, 2.75) is 38.4 Å². The predicted molar refractivity (Wildman–Crippen MR) is 92.4 cm³/mol. The molecule has 1 unspecified atom stereocenters. The van der Waals surface area contributed by atoms with E-state index < -0.39 is 17.9 Å². The SMILES string of the molecule is Cc1cc(C(F)(F)F)n2nc(C3CCCCN3C(=O)c3cncnc3)cc2n1. The van der Waals surface area contributed by atoms with E-state index in [4.69, 9.17) is 0 Å². The maximum absolute atomic E-state index is 13.4. The van der Waals surface area contributed by atoms with Crippen molar-refractivity contribution in [1.29, 1.82) is 0 Å². The lowest BCUT2D eigenvalue weighted by molar-refractivity contribution is -0.142. The second-order valence-corrected chi connectivity index (χ2v) is 6.76. The topological polar surface area (TPSA) is 76.3 Å². The van der Waals surface area contributed by atoms with Gasteiger partial charge in [-0.15, -0.1) is 0 Å². The number of carbonyl (C=O) groups is 1. The Kier molecular flexibility index (Phi) is 4.48. The van der Waals surface area contributed by atoms with Crippen LogP contribution in [0.5, 0.6) is 0 Å². The molecule has 0 N–H and O–H groups in total. The van der Waals surface area contributed by atoms with Crippen LogP contribution in [0, 0.1) is 6.92 Å². The van der Waals surface area contributed by atoms with E-state index in [0.717, 1.165) is 23.4 Å². The first kappa shape index (κ1) is 18.3. The highest BCUT2D eigenvalue weighted by atomic mass is 19.4. The molecule has 1 amide bonds. The number of rotatable bonds is 2. The number of aryl methyl sites for hydroxylation is 1. The highest BCUT2D eigenvalue weighted by Crippen LogP contribution is 2.34. The Hall–Kier alpha value is -3.04. The molecule has 7 nitrogen and oxygen atoms in total. The fraction of sp³-hybridized carbons (Fsp3) is 0.389. The second-order valence-electron chi connectivity index (χ2n) is 6.76. The highest BCUT2D eigenvalue weighted by molar-refractivity contribution is 5.94. The number of piperidine rings is 1. The van der Waals surface area contributed by atoms with E-state index in [1.54, 1.807) is 4.90 Å². The number of aromatic nitrogens is 5. The largest absolute Gasteiger partial charge is 0.433 e. The maximum Gasteiger partial charge on any atom is 0.433 e. The molecular formula is C18H17F3N6O. The van der Waals surface area contributed by atoms with Gasteiger partial charge < -0.3 is 4.90 Å². The summed E-state index contributed by atoms with van der Waals surface area (Å²) in [6.45, 7) is 2.00. The summed E-state index contributed by atoms with van der Waals surface area (Å²) in [5, 5.41) is 4.18. The lowest BCUT2D eigenvalue weighted by atomic mass is 9.98. The monoisotopic (exact) mass is 390 g/mol. The lowest BCUT2D eigenvalue weighted by Crippen LogP contribution is -2.38. The van der Waals surface area contributed by atoms with Crippen molar-refractivity contribution < 1.29 is 18.0 Å². The minimum Gasteiger partial charge on any atom is -0.330 e. The van der Waals surface area contributed by atoms with E-state index in [1.165, 1.54) is 31.7 Å². The first-order chi connectivity index (χ1) is 13.3. The maximum atomic E-state index is 13.4. The molecular weight excluding hydrogens is 373 g/mol. The lowest BCUT2D eigenvalue weighted by Gasteiger charge is -2.34. The first-order valence-corrected chi connectivity index (χ1v) is 8.85. The van der Waals surface area contributed by atoms with Crippen LogP contribution in [0.3, 0.4) is 0 Å². The van der Waals surface area contributed by atoms with Gasteiger partial charge in [0.1, 0.15) is 12.0 Å². The van der Waals surface area contributed by atoms with Gasteiger partial charge in [0, 0.05) is 30.7 Å². The Labute approximate surface area is 158 Å². The molecule has 146 valence electrons. The highest BCUT2D eigenvalue weighted by Gasteiger charge is 2.36. The van der Waals surface area contributed by atoms with Crippen molar-refractivity contribution in [3.63, 3.8) is 0 Å². The standard InChI is InChI=1S/C18H17F3N6O/c1-11-6-15(18(19,20)21)27-16(24-11)7-13(25-27)14-4-2-3-5-26(14)17(28)12-8-22-10-23-9-12/h6-10,14H,2-5H2,1H3. The van der Waals surface area contributed by atoms with Gasteiger partial charge in [-0.05, 0) is 32.3 Å². The number of fused-ring (bicyclic) bond motifs is 1. The van der Waals surface area contributed by atoms with Crippen molar-refractivity contribution in [1.82, 2.24) is 29.5 Å². The average molecular weight is 390 g/mol. The van der Waals surface area contributed by atoms with Crippen LogP contribution in [0.2, 0.25) is 0 Å². The number of likely N-dealkylation sites (tertiary alicyclic amines) is 1. The third kappa shape index (κ3) is 3.30. The van der Waals surface area contributed by atoms with Crippen LogP contribution in [-0.2, 0) is 6.18 Å². The zero-order chi connectivity index (χ0) is 19.9. The third-order valence-corrected chi connectivity index (χ3v) is 4.78. The summed E-state index contributed by atoms with van der Waals surface area (Å²) in [5.74, 6) is -0.262. The van der Waals surface area contributed by atoms with Crippen molar-refractivity contribution in [3.8, 4) is 0 Å². The van der Waals surface area contributed by atoms with Crippen LogP contribution in [0.15, 0.2) is 30.9 Å². The van der Waals surface area contributed by atoms with Crippen LogP contribution in [-0.4, -0.2) is 41.9 Å². The Balaban J connectivity index is 1.76. The van der Waals surface area contributed by atoms with Crippen molar-refractivity contribution >= 4 is 11.6 Å². The number of hydrogen-bond acceptors (Lipinski definition) is 5. The van der Waals surface area contributed by atoms with Crippen LogP contribution >= 0.6 is 0 Å². The van der Waals surface area contributed by atoms with E-state index in [9.17, 15) is 18.0 Å². The van der Waals surface area contributed by atoms with E-state index in [-0.39, 0.29) is 17.2 Å². The Morgan fingerprint density at radius 2 is 1.93 bits per heavy atom. The number of halogens is 3. The molecule has 3 aromatic heterocycles. The molecule has 0 spiro atoms. The first-order valence-electron chi connectivity index (χ1n) is 8.85. The zero-order valence-corrected chi connectivity index (χ0v) is 15.0. The molecule has 0 bridgehead atoms. The Morgan fingerprint density at radius 1 is 1.18 bits per heavy atom. The van der Waals surface area contributed by atoms with Gasteiger partial charge in [-0.3, -0.25) is 4.79 Å². The number of carbonyl (C=O) groups excluding carboxylic acids is 1. The summed E-state index contributed by atoms with van der Waals surface area (Å²) in [6, 6.07) is 2.07. The van der Waals surface area contributed by atoms with Gasteiger partial charge in [0.05, 0.1) is 17.3 Å². The van der Waals surface area contributed by atoms with E-state index >= 15 is 0 Å². The van der Waals surface area contributed by atoms with Gasteiger partial charge in [-0.1, -0.05) is 0 Å². The molecule has 28 heavy (non-hydrogen) atoms. The van der Waals surface area contributed by atoms with E-state index in [1.807, 2.05) is 0 Å². The Bertz CT molecular complexity index is 1020. The predicted octanol–water partition coefficient (Wildman–Crippen LogP) is 3.21. The van der Waals surface area contributed by atoms with Crippen LogP contribution in [0.25, 0.3) is 5.65 Å². The minimum atomic E-state index is -4.56. The van der Waals surface area contributed by atoms with Gasteiger partial charge >= 0.3 is 6.18 Å². The fourth-order valence-electron chi connectivity index (χ4n) is 3.54. The van der Waals surface area contributed by atoms with Crippen LogP contribution < -0.4 is 0 Å². The van der Waals surface area contributed by atoms with Gasteiger partial charge in [-0.2, -0.15) is 18.3 Å². The fourth-order valence-corrected chi connectivity index (χ4v) is 3.54. The number of hydrogen-bond donors (Lipinski definition) is 0. The molecule has 0 aliphatic carbocycles. The second kappa shape index (κ2) is 6.84. The normalized spacial score (nSPS) is 17.9. The molecule has 1 saturated heterocycles. The molecule has 3 aromatic rings. The quantitative estimate of drug-likeness (QED) is 0.672. The minimum absolute atomic E-state index is 0.114. The summed E-state index contributed by atoms with van der Waals surface area (Å²) in [7, 11) is 0. The Morgan fingerprint density at radius 3 is 2.64 bits per heavy atom. The number of amides is 1. The average Bonchev–Trinajstić information content (AvgIpc) is 3.10. The molecule has 1 atom stereocenters. The molecule has 0 saturated carbocycles. The summed E-state index contributed by atoms with van der Waals surface area (Å²) in [5.41, 5.74) is 0.218. The van der Waals surface area contributed by atoms with E-state index in [2.05, 4.69) is 20.1 Å². The summed E-state index contributed by atoms with van der Waals surface area (Å²) in [4.78, 5) is 26.4. The van der Waals surface area contributed by atoms with Gasteiger partial charge in [0.25, 0.3) is 5.91 Å². The van der Waals surface area contributed by atoms with Gasteiger partial charge in [-0.25, -0.2) is 19.5 Å². The molecule has 4 heterocycles. The summed E-state index contributed by atoms with van der Waals surface area (Å²) < 4.78 is 41.0. The van der Waals surface area contributed by atoms with E-state index in [0.29, 0.717) is 24.2 Å².